The van der Waals surface area contributed by atoms with Crippen molar-refractivity contribution in [3.63, 3.8) is 0 Å². The molecule has 0 spiro atoms. The van der Waals surface area contributed by atoms with Crippen LogP contribution in [0, 0.1) is 5.82 Å². The molecule has 0 saturated carbocycles. The normalized spacial score (nSPS) is 10.9. The van der Waals surface area contributed by atoms with Crippen LogP contribution < -0.4 is 0 Å². The Balaban J connectivity index is 2.22. The molecule has 17 heavy (non-hydrogen) atoms. The SMILES string of the molecule is Fc1ccccc1-c1nc2ccc(Br)cc2s1. The number of rotatable bonds is 1. The molecule has 0 fully saturated rings. The zero-order valence-corrected chi connectivity index (χ0v) is 11.1. The maximum atomic E-state index is 13.6. The molecule has 3 rings (SSSR count). The van der Waals surface area contributed by atoms with Crippen molar-refractivity contribution >= 4 is 37.5 Å². The number of benzene rings is 2. The van der Waals surface area contributed by atoms with Crippen LogP contribution in [0.3, 0.4) is 0 Å². The third-order valence-electron chi connectivity index (χ3n) is 2.45. The smallest absolute Gasteiger partial charge is 0.133 e. The van der Waals surface area contributed by atoms with E-state index < -0.39 is 0 Å². The van der Waals surface area contributed by atoms with Gasteiger partial charge in [-0.25, -0.2) is 9.37 Å². The summed E-state index contributed by atoms with van der Waals surface area (Å²) >= 11 is 4.91. The summed E-state index contributed by atoms with van der Waals surface area (Å²) in [5.74, 6) is -0.231. The van der Waals surface area contributed by atoms with Gasteiger partial charge in [0.15, 0.2) is 0 Å². The molecule has 0 aliphatic heterocycles. The predicted molar refractivity (Wildman–Crippen MR) is 72.7 cm³/mol. The number of nitrogens with zero attached hydrogens (tertiary/aromatic N) is 1. The molecule has 0 amide bonds. The second-order valence-electron chi connectivity index (χ2n) is 3.61. The molecule has 0 aliphatic rings. The van der Waals surface area contributed by atoms with E-state index in [0.29, 0.717) is 5.56 Å². The van der Waals surface area contributed by atoms with Gasteiger partial charge in [0.25, 0.3) is 0 Å². The first kappa shape index (κ1) is 10.9. The highest BCUT2D eigenvalue weighted by Crippen LogP contribution is 2.32. The van der Waals surface area contributed by atoms with Crippen molar-refractivity contribution in [3.05, 3.63) is 52.8 Å². The molecule has 0 unspecified atom stereocenters. The van der Waals surface area contributed by atoms with E-state index in [2.05, 4.69) is 20.9 Å². The van der Waals surface area contributed by atoms with Crippen molar-refractivity contribution in [2.75, 3.05) is 0 Å². The zero-order valence-electron chi connectivity index (χ0n) is 8.65. The van der Waals surface area contributed by atoms with Crippen molar-refractivity contribution in [3.8, 4) is 10.6 Å². The van der Waals surface area contributed by atoms with Gasteiger partial charge in [0.1, 0.15) is 10.8 Å². The van der Waals surface area contributed by atoms with E-state index in [0.717, 1.165) is 19.7 Å². The average Bonchev–Trinajstić information content (AvgIpc) is 2.72. The van der Waals surface area contributed by atoms with Gasteiger partial charge < -0.3 is 0 Å². The van der Waals surface area contributed by atoms with Crippen LogP contribution in [-0.4, -0.2) is 4.98 Å². The van der Waals surface area contributed by atoms with Crippen LogP contribution >= 0.6 is 27.3 Å². The van der Waals surface area contributed by atoms with Gasteiger partial charge in [-0.15, -0.1) is 11.3 Å². The second kappa shape index (κ2) is 4.20. The van der Waals surface area contributed by atoms with Crippen LogP contribution in [-0.2, 0) is 0 Å². The summed E-state index contributed by atoms with van der Waals surface area (Å²) in [7, 11) is 0. The molecular formula is C13H7BrFNS. The van der Waals surface area contributed by atoms with Crippen LogP contribution in [0.4, 0.5) is 4.39 Å². The number of halogens is 2. The van der Waals surface area contributed by atoms with Gasteiger partial charge in [0.2, 0.25) is 0 Å². The maximum absolute atomic E-state index is 13.6. The number of hydrogen-bond acceptors (Lipinski definition) is 2. The molecule has 1 nitrogen and oxygen atoms in total. The minimum atomic E-state index is -0.231. The highest BCUT2D eigenvalue weighted by Gasteiger charge is 2.09. The van der Waals surface area contributed by atoms with Gasteiger partial charge >= 0.3 is 0 Å². The minimum Gasteiger partial charge on any atom is -0.236 e. The van der Waals surface area contributed by atoms with E-state index in [-0.39, 0.29) is 5.82 Å². The molecule has 2 aromatic carbocycles. The third kappa shape index (κ3) is 1.98. The topological polar surface area (TPSA) is 12.9 Å². The summed E-state index contributed by atoms with van der Waals surface area (Å²) in [6.07, 6.45) is 0. The van der Waals surface area contributed by atoms with Crippen molar-refractivity contribution in [1.29, 1.82) is 0 Å². The van der Waals surface area contributed by atoms with Crippen molar-refractivity contribution in [2.45, 2.75) is 0 Å². The van der Waals surface area contributed by atoms with Crippen LogP contribution in [0.25, 0.3) is 20.8 Å². The van der Waals surface area contributed by atoms with Gasteiger partial charge in [-0.3, -0.25) is 0 Å². The van der Waals surface area contributed by atoms with Crippen LogP contribution in [0.1, 0.15) is 0 Å². The largest absolute Gasteiger partial charge is 0.236 e. The Hall–Kier alpha value is -1.26. The minimum absolute atomic E-state index is 0.231. The summed E-state index contributed by atoms with van der Waals surface area (Å²) in [5.41, 5.74) is 1.46. The Kier molecular flexibility index (Phi) is 2.68. The molecule has 1 aromatic heterocycles. The van der Waals surface area contributed by atoms with Gasteiger partial charge in [-0.05, 0) is 30.3 Å². The fraction of sp³-hybridized carbons (Fsp3) is 0. The van der Waals surface area contributed by atoms with Crippen LogP contribution in [0.15, 0.2) is 46.9 Å². The number of thiazole rings is 1. The van der Waals surface area contributed by atoms with E-state index in [1.807, 2.05) is 24.3 Å². The fourth-order valence-electron chi connectivity index (χ4n) is 1.65. The number of fused-ring (bicyclic) bond motifs is 1. The fourth-order valence-corrected chi connectivity index (χ4v) is 3.19. The first-order chi connectivity index (χ1) is 8.24. The lowest BCUT2D eigenvalue weighted by molar-refractivity contribution is 0.631. The average molecular weight is 308 g/mol. The van der Waals surface area contributed by atoms with E-state index in [9.17, 15) is 4.39 Å². The molecule has 3 aromatic rings. The molecule has 0 N–H and O–H groups in total. The molecule has 0 saturated heterocycles. The second-order valence-corrected chi connectivity index (χ2v) is 5.56. The molecule has 4 heteroatoms. The Morgan fingerprint density at radius 3 is 2.76 bits per heavy atom. The zero-order chi connectivity index (χ0) is 11.8. The number of aromatic nitrogens is 1. The highest BCUT2D eigenvalue weighted by molar-refractivity contribution is 9.10. The van der Waals surface area contributed by atoms with Crippen molar-refractivity contribution in [1.82, 2.24) is 4.98 Å². The van der Waals surface area contributed by atoms with Crippen LogP contribution in [0.5, 0.6) is 0 Å². The Morgan fingerprint density at radius 2 is 1.94 bits per heavy atom. The molecule has 0 bridgehead atoms. The summed E-state index contributed by atoms with van der Waals surface area (Å²) in [4.78, 5) is 4.44. The summed E-state index contributed by atoms with van der Waals surface area (Å²) in [6.45, 7) is 0. The van der Waals surface area contributed by atoms with E-state index in [1.165, 1.54) is 17.4 Å². The molecule has 0 radical (unpaired) electrons. The lowest BCUT2D eigenvalue weighted by atomic mass is 10.2. The lowest BCUT2D eigenvalue weighted by Crippen LogP contribution is -1.81. The molecular weight excluding hydrogens is 301 g/mol. The summed E-state index contributed by atoms with van der Waals surface area (Å²) < 4.78 is 15.7. The van der Waals surface area contributed by atoms with Gasteiger partial charge in [0, 0.05) is 10.0 Å². The van der Waals surface area contributed by atoms with Crippen molar-refractivity contribution in [2.24, 2.45) is 0 Å². The lowest BCUT2D eigenvalue weighted by Gasteiger charge is -1.96. The first-order valence-corrected chi connectivity index (χ1v) is 6.66. The Bertz CT molecular complexity index is 693. The van der Waals surface area contributed by atoms with E-state index >= 15 is 0 Å². The van der Waals surface area contributed by atoms with E-state index in [1.54, 1.807) is 12.1 Å². The number of hydrogen-bond donors (Lipinski definition) is 0. The quantitative estimate of drug-likeness (QED) is 0.625. The highest BCUT2D eigenvalue weighted by atomic mass is 79.9. The summed E-state index contributed by atoms with van der Waals surface area (Å²) in [6, 6.07) is 12.6. The third-order valence-corrected chi connectivity index (χ3v) is 4.00. The molecule has 0 atom stereocenters. The van der Waals surface area contributed by atoms with Gasteiger partial charge in [-0.2, -0.15) is 0 Å². The van der Waals surface area contributed by atoms with Crippen molar-refractivity contribution < 1.29 is 4.39 Å². The standard InChI is InChI=1S/C13H7BrFNS/c14-8-5-6-11-12(7-8)17-13(16-11)9-3-1-2-4-10(9)15/h1-7H. The predicted octanol–water partition coefficient (Wildman–Crippen LogP) is 4.86. The molecule has 1 heterocycles. The van der Waals surface area contributed by atoms with E-state index in [4.69, 9.17) is 0 Å². The van der Waals surface area contributed by atoms with Gasteiger partial charge in [0.05, 0.1) is 10.2 Å². The Labute approximate surface area is 110 Å². The van der Waals surface area contributed by atoms with Gasteiger partial charge in [-0.1, -0.05) is 28.1 Å². The van der Waals surface area contributed by atoms with Crippen LogP contribution in [0.2, 0.25) is 0 Å². The molecule has 84 valence electrons. The monoisotopic (exact) mass is 307 g/mol. The Morgan fingerprint density at radius 1 is 1.12 bits per heavy atom. The maximum Gasteiger partial charge on any atom is 0.133 e. The molecule has 0 aliphatic carbocycles. The first-order valence-electron chi connectivity index (χ1n) is 5.05. The summed E-state index contributed by atoms with van der Waals surface area (Å²) in [5, 5.41) is 0.719.